The van der Waals surface area contributed by atoms with Crippen LogP contribution in [0.3, 0.4) is 0 Å². The second-order valence-corrected chi connectivity index (χ2v) is 8.40. The number of carbonyl (C=O) groups is 1. The molecule has 6 nitrogen and oxygen atoms in total. The van der Waals surface area contributed by atoms with Gasteiger partial charge >= 0.3 is 0 Å². The number of carbonyl (C=O) groups excluding carboxylic acids is 1. The van der Waals surface area contributed by atoms with E-state index in [0.717, 1.165) is 6.42 Å². The van der Waals surface area contributed by atoms with Gasteiger partial charge in [-0.2, -0.15) is 4.31 Å². The summed E-state index contributed by atoms with van der Waals surface area (Å²) >= 11 is 1.17. The maximum Gasteiger partial charge on any atom is 0.252 e. The van der Waals surface area contributed by atoms with E-state index in [4.69, 9.17) is 5.73 Å². The molecule has 120 valence electrons. The Hall–Kier alpha value is -0.960. The summed E-state index contributed by atoms with van der Waals surface area (Å²) in [5.41, 5.74) is 4.99. The van der Waals surface area contributed by atoms with Crippen molar-refractivity contribution in [3.05, 3.63) is 17.5 Å². The van der Waals surface area contributed by atoms with Gasteiger partial charge in [-0.05, 0) is 24.8 Å². The fraction of sp³-hybridized carbons (Fsp3) is 0.615. The predicted molar refractivity (Wildman–Crippen MR) is 84.6 cm³/mol. The number of nitrogens with zero attached hydrogens (tertiary/aromatic N) is 1. The summed E-state index contributed by atoms with van der Waals surface area (Å²) in [5, 5.41) is 4.40. The van der Waals surface area contributed by atoms with Crippen LogP contribution in [0.5, 0.6) is 0 Å². The molecular formula is C13H23N3O3S2. The van der Waals surface area contributed by atoms with E-state index in [1.165, 1.54) is 22.7 Å². The lowest BCUT2D eigenvalue weighted by Crippen LogP contribution is -2.52. The Morgan fingerprint density at radius 2 is 2.19 bits per heavy atom. The van der Waals surface area contributed by atoms with E-state index in [1.54, 1.807) is 24.4 Å². The van der Waals surface area contributed by atoms with Gasteiger partial charge in [0.15, 0.2) is 0 Å². The number of nitrogens with one attached hydrogen (secondary N) is 1. The van der Waals surface area contributed by atoms with Gasteiger partial charge in [-0.25, -0.2) is 8.42 Å². The molecule has 0 aliphatic rings. The SMILES string of the molecule is CCCC(C)(N)C(=O)NCCN(C)S(=O)(=O)c1cccs1. The maximum absolute atomic E-state index is 12.2. The molecule has 8 heteroatoms. The number of hydrogen-bond donors (Lipinski definition) is 2. The average Bonchev–Trinajstić information content (AvgIpc) is 2.92. The van der Waals surface area contributed by atoms with Crippen molar-refractivity contribution in [1.82, 2.24) is 9.62 Å². The Morgan fingerprint density at radius 1 is 1.52 bits per heavy atom. The van der Waals surface area contributed by atoms with Crippen molar-refractivity contribution < 1.29 is 13.2 Å². The minimum atomic E-state index is -3.47. The van der Waals surface area contributed by atoms with Crippen molar-refractivity contribution in [2.24, 2.45) is 5.73 Å². The summed E-state index contributed by atoms with van der Waals surface area (Å²) in [6, 6.07) is 3.26. The quantitative estimate of drug-likeness (QED) is 0.742. The monoisotopic (exact) mass is 333 g/mol. The van der Waals surface area contributed by atoms with Gasteiger partial charge in [0, 0.05) is 20.1 Å². The number of sulfonamides is 1. The van der Waals surface area contributed by atoms with E-state index in [1.807, 2.05) is 6.92 Å². The molecule has 0 saturated carbocycles. The van der Waals surface area contributed by atoms with Crippen molar-refractivity contribution in [1.29, 1.82) is 0 Å². The van der Waals surface area contributed by atoms with Gasteiger partial charge in [-0.15, -0.1) is 11.3 Å². The highest BCUT2D eigenvalue weighted by Gasteiger charge is 2.27. The zero-order valence-corrected chi connectivity index (χ0v) is 14.3. The van der Waals surface area contributed by atoms with Crippen LogP contribution in [0.25, 0.3) is 0 Å². The van der Waals surface area contributed by atoms with E-state index in [0.29, 0.717) is 10.6 Å². The van der Waals surface area contributed by atoms with Gasteiger partial charge in [0.1, 0.15) is 4.21 Å². The van der Waals surface area contributed by atoms with Crippen molar-refractivity contribution in [2.75, 3.05) is 20.1 Å². The first-order valence-electron chi connectivity index (χ1n) is 6.79. The molecule has 0 radical (unpaired) electrons. The molecule has 0 saturated heterocycles. The third-order valence-corrected chi connectivity index (χ3v) is 6.39. The lowest BCUT2D eigenvalue weighted by molar-refractivity contribution is -0.126. The van der Waals surface area contributed by atoms with Crippen LogP contribution in [0, 0.1) is 0 Å². The molecular weight excluding hydrogens is 310 g/mol. The van der Waals surface area contributed by atoms with Gasteiger partial charge in [0.05, 0.1) is 5.54 Å². The zero-order valence-electron chi connectivity index (χ0n) is 12.6. The molecule has 0 aromatic carbocycles. The largest absolute Gasteiger partial charge is 0.353 e. The van der Waals surface area contributed by atoms with Gasteiger partial charge in [0.2, 0.25) is 5.91 Å². The first kappa shape index (κ1) is 18.1. The van der Waals surface area contributed by atoms with Crippen LogP contribution >= 0.6 is 11.3 Å². The Labute approximate surface area is 130 Å². The summed E-state index contributed by atoms with van der Waals surface area (Å²) in [6.07, 6.45) is 1.40. The third kappa shape index (κ3) is 4.77. The summed E-state index contributed by atoms with van der Waals surface area (Å²) < 4.78 is 25.9. The second kappa shape index (κ2) is 7.35. The highest BCUT2D eigenvalue weighted by atomic mass is 32.2. The highest BCUT2D eigenvalue weighted by molar-refractivity contribution is 7.91. The zero-order chi connectivity index (χ0) is 16.1. The summed E-state index contributed by atoms with van der Waals surface area (Å²) in [5.74, 6) is -0.258. The van der Waals surface area contributed by atoms with Gasteiger partial charge in [-0.3, -0.25) is 4.79 Å². The predicted octanol–water partition coefficient (Wildman–Crippen LogP) is 1.00. The fourth-order valence-electron chi connectivity index (χ4n) is 1.85. The molecule has 1 aromatic rings. The molecule has 1 atom stereocenters. The molecule has 1 aromatic heterocycles. The minimum Gasteiger partial charge on any atom is -0.353 e. The molecule has 0 bridgehead atoms. The molecule has 1 heterocycles. The summed E-state index contributed by atoms with van der Waals surface area (Å²) in [7, 11) is -1.98. The van der Waals surface area contributed by atoms with Crippen molar-refractivity contribution in [3.8, 4) is 0 Å². The van der Waals surface area contributed by atoms with Crippen molar-refractivity contribution in [2.45, 2.75) is 36.4 Å². The molecule has 3 N–H and O–H groups in total. The Morgan fingerprint density at radius 3 is 2.71 bits per heavy atom. The molecule has 1 amide bonds. The van der Waals surface area contributed by atoms with Crippen LogP contribution < -0.4 is 11.1 Å². The van der Waals surface area contributed by atoms with E-state index in [-0.39, 0.29) is 19.0 Å². The van der Waals surface area contributed by atoms with Crippen molar-refractivity contribution >= 4 is 27.3 Å². The van der Waals surface area contributed by atoms with E-state index in [9.17, 15) is 13.2 Å². The molecule has 21 heavy (non-hydrogen) atoms. The average molecular weight is 333 g/mol. The van der Waals surface area contributed by atoms with Crippen LogP contribution in [-0.2, 0) is 14.8 Å². The summed E-state index contributed by atoms with van der Waals surface area (Å²) in [6.45, 7) is 4.07. The number of amides is 1. The Kier molecular flexibility index (Phi) is 6.33. The topological polar surface area (TPSA) is 92.5 Å². The van der Waals surface area contributed by atoms with Crippen LogP contribution in [0.4, 0.5) is 0 Å². The Bertz CT molecular complexity index is 553. The number of rotatable bonds is 8. The lowest BCUT2D eigenvalue weighted by Gasteiger charge is -2.23. The third-order valence-electron chi connectivity index (χ3n) is 3.16. The number of likely N-dealkylation sites (N-methyl/N-ethyl adjacent to an activating group) is 1. The standard InChI is InChI=1S/C13H23N3O3S2/c1-4-7-13(2,14)12(17)15-8-9-16(3)21(18,19)11-6-5-10-20-11/h5-6,10H,4,7-9,14H2,1-3H3,(H,15,17). The molecule has 1 rings (SSSR count). The van der Waals surface area contributed by atoms with Gasteiger partial charge in [-0.1, -0.05) is 19.4 Å². The number of hydrogen-bond acceptors (Lipinski definition) is 5. The first-order valence-corrected chi connectivity index (χ1v) is 9.11. The van der Waals surface area contributed by atoms with Crippen molar-refractivity contribution in [3.63, 3.8) is 0 Å². The van der Waals surface area contributed by atoms with Crippen LogP contribution in [0.15, 0.2) is 21.7 Å². The molecule has 0 aliphatic heterocycles. The maximum atomic E-state index is 12.2. The minimum absolute atomic E-state index is 0.203. The second-order valence-electron chi connectivity index (χ2n) is 5.18. The first-order chi connectivity index (χ1) is 9.71. The van der Waals surface area contributed by atoms with E-state index >= 15 is 0 Å². The van der Waals surface area contributed by atoms with Crippen LogP contribution in [-0.4, -0.2) is 44.3 Å². The molecule has 1 unspecified atom stereocenters. The smallest absolute Gasteiger partial charge is 0.252 e. The Balaban J connectivity index is 2.51. The highest BCUT2D eigenvalue weighted by Crippen LogP contribution is 2.19. The van der Waals surface area contributed by atoms with Gasteiger partial charge < -0.3 is 11.1 Å². The summed E-state index contributed by atoms with van der Waals surface area (Å²) in [4.78, 5) is 11.9. The molecule has 0 fully saturated rings. The fourth-order valence-corrected chi connectivity index (χ4v) is 4.22. The molecule has 0 aliphatic carbocycles. The van der Waals surface area contributed by atoms with E-state index in [2.05, 4.69) is 5.32 Å². The van der Waals surface area contributed by atoms with Gasteiger partial charge in [0.25, 0.3) is 10.0 Å². The van der Waals surface area contributed by atoms with Crippen LogP contribution in [0.1, 0.15) is 26.7 Å². The normalized spacial score (nSPS) is 14.9. The van der Waals surface area contributed by atoms with Crippen LogP contribution in [0.2, 0.25) is 0 Å². The number of thiophene rings is 1. The lowest BCUT2D eigenvalue weighted by atomic mass is 9.97. The molecule has 0 spiro atoms. The number of nitrogens with two attached hydrogens (primary N) is 1. The van der Waals surface area contributed by atoms with E-state index < -0.39 is 15.6 Å².